The van der Waals surface area contributed by atoms with Gasteiger partial charge in [-0.1, -0.05) is 36.8 Å². The fourth-order valence-corrected chi connectivity index (χ4v) is 4.29. The van der Waals surface area contributed by atoms with Gasteiger partial charge < -0.3 is 10.6 Å². The van der Waals surface area contributed by atoms with E-state index < -0.39 is 10.8 Å². The molecule has 0 bridgehead atoms. The molecule has 0 amide bonds. The van der Waals surface area contributed by atoms with Crippen LogP contribution in [0.4, 0.5) is 0 Å². The Hall–Kier alpha value is -0.670. The molecule has 1 heterocycles. The zero-order chi connectivity index (χ0) is 18.8. The number of piperidine rings is 1. The van der Waals surface area contributed by atoms with Gasteiger partial charge in [0, 0.05) is 48.0 Å². The smallest absolute Gasteiger partial charge is 0.191 e. The Morgan fingerprint density at radius 3 is 2.44 bits per heavy atom. The highest BCUT2D eigenvalue weighted by Crippen LogP contribution is 2.19. The molecule has 1 fully saturated rings. The van der Waals surface area contributed by atoms with Gasteiger partial charge in [0.1, 0.15) is 0 Å². The van der Waals surface area contributed by atoms with E-state index in [1.807, 2.05) is 30.3 Å². The molecule has 1 aliphatic heterocycles. The van der Waals surface area contributed by atoms with E-state index in [4.69, 9.17) is 0 Å². The molecule has 27 heavy (non-hydrogen) atoms. The predicted octanol–water partition coefficient (Wildman–Crippen LogP) is 2.98. The van der Waals surface area contributed by atoms with Crippen molar-refractivity contribution in [1.82, 2.24) is 15.5 Å². The standard InChI is InChI=1S/C20H34N4OS.HI/c1-20(2,24-13-8-5-9-14-24)17-23-19(21-3)22-12-15-26(25)16-18-10-6-4-7-11-18;/h4,6-7,10-11H,5,8-9,12-17H2,1-3H3,(H2,21,22,23);1H. The van der Waals surface area contributed by atoms with Crippen LogP contribution in [0.15, 0.2) is 35.3 Å². The van der Waals surface area contributed by atoms with Gasteiger partial charge in [-0.2, -0.15) is 0 Å². The fourth-order valence-electron chi connectivity index (χ4n) is 3.25. The summed E-state index contributed by atoms with van der Waals surface area (Å²) < 4.78 is 12.2. The molecule has 7 heteroatoms. The molecule has 0 aliphatic carbocycles. The van der Waals surface area contributed by atoms with Gasteiger partial charge in [0.25, 0.3) is 0 Å². The highest BCUT2D eigenvalue weighted by Gasteiger charge is 2.27. The van der Waals surface area contributed by atoms with Crippen molar-refractivity contribution in [1.29, 1.82) is 0 Å². The summed E-state index contributed by atoms with van der Waals surface area (Å²) in [7, 11) is 0.914. The normalized spacial score (nSPS) is 17.1. The molecule has 1 aromatic carbocycles. The highest BCUT2D eigenvalue weighted by molar-refractivity contribution is 14.0. The maximum Gasteiger partial charge on any atom is 0.191 e. The summed E-state index contributed by atoms with van der Waals surface area (Å²) in [5.41, 5.74) is 1.23. The second kappa shape index (κ2) is 12.7. The minimum Gasteiger partial charge on any atom is -0.355 e. The molecule has 0 saturated carbocycles. The van der Waals surface area contributed by atoms with Crippen LogP contribution in [0.5, 0.6) is 0 Å². The number of nitrogens with zero attached hydrogens (tertiary/aromatic N) is 2. The van der Waals surface area contributed by atoms with Crippen molar-refractivity contribution < 1.29 is 4.21 Å². The van der Waals surface area contributed by atoms with E-state index in [1.54, 1.807) is 7.05 Å². The Balaban J connectivity index is 0.00000364. The van der Waals surface area contributed by atoms with E-state index >= 15 is 0 Å². The van der Waals surface area contributed by atoms with Gasteiger partial charge in [-0.15, -0.1) is 24.0 Å². The lowest BCUT2D eigenvalue weighted by Gasteiger charge is -2.41. The van der Waals surface area contributed by atoms with Crippen molar-refractivity contribution in [3.8, 4) is 0 Å². The van der Waals surface area contributed by atoms with E-state index in [0.717, 1.165) is 18.1 Å². The van der Waals surface area contributed by atoms with Crippen LogP contribution >= 0.6 is 24.0 Å². The quantitative estimate of drug-likeness (QED) is 0.324. The Kier molecular flexibility index (Phi) is 11.5. The predicted molar refractivity (Wildman–Crippen MR) is 127 cm³/mol. The van der Waals surface area contributed by atoms with Crippen molar-refractivity contribution in [2.24, 2.45) is 4.99 Å². The lowest BCUT2D eigenvalue weighted by atomic mass is 9.98. The third kappa shape index (κ3) is 8.91. The third-order valence-electron chi connectivity index (χ3n) is 4.92. The SMILES string of the molecule is CN=C(NCCS(=O)Cc1ccccc1)NCC(C)(C)N1CCCCC1.I. The molecule has 0 spiro atoms. The van der Waals surface area contributed by atoms with Gasteiger partial charge in [-0.3, -0.25) is 14.1 Å². The molecule has 5 nitrogen and oxygen atoms in total. The van der Waals surface area contributed by atoms with Crippen LogP contribution in [-0.2, 0) is 16.6 Å². The zero-order valence-corrected chi connectivity index (χ0v) is 20.0. The second-order valence-electron chi connectivity index (χ2n) is 7.49. The summed E-state index contributed by atoms with van der Waals surface area (Å²) >= 11 is 0. The third-order valence-corrected chi connectivity index (χ3v) is 6.23. The fraction of sp³-hybridized carbons (Fsp3) is 0.650. The van der Waals surface area contributed by atoms with Crippen LogP contribution < -0.4 is 10.6 Å². The molecule has 2 N–H and O–H groups in total. The maximum absolute atomic E-state index is 12.2. The number of likely N-dealkylation sites (tertiary alicyclic amines) is 1. The summed E-state index contributed by atoms with van der Waals surface area (Å²) in [6.45, 7) is 8.43. The Morgan fingerprint density at radius 1 is 1.15 bits per heavy atom. The molecule has 1 atom stereocenters. The van der Waals surface area contributed by atoms with Crippen LogP contribution in [0.25, 0.3) is 0 Å². The van der Waals surface area contributed by atoms with Crippen molar-refractivity contribution >= 4 is 40.7 Å². The number of halogens is 1. The van der Waals surface area contributed by atoms with Gasteiger partial charge in [-0.25, -0.2) is 0 Å². The van der Waals surface area contributed by atoms with E-state index in [1.165, 1.54) is 32.4 Å². The topological polar surface area (TPSA) is 56.7 Å². The molecule has 1 aromatic rings. The van der Waals surface area contributed by atoms with Crippen LogP contribution in [0.3, 0.4) is 0 Å². The second-order valence-corrected chi connectivity index (χ2v) is 9.06. The number of aliphatic imine (C=N–C) groups is 1. The lowest BCUT2D eigenvalue weighted by molar-refractivity contribution is 0.0982. The Labute approximate surface area is 184 Å². The number of nitrogens with one attached hydrogen (secondary N) is 2. The minimum absolute atomic E-state index is 0. The number of guanidine groups is 1. The first kappa shape index (κ1) is 24.4. The summed E-state index contributed by atoms with van der Waals surface area (Å²) in [4.78, 5) is 6.86. The van der Waals surface area contributed by atoms with E-state index in [0.29, 0.717) is 18.1 Å². The molecule has 2 rings (SSSR count). The number of hydrogen-bond acceptors (Lipinski definition) is 3. The van der Waals surface area contributed by atoms with Crippen LogP contribution in [-0.4, -0.2) is 59.6 Å². The molecule has 0 aromatic heterocycles. The monoisotopic (exact) mass is 506 g/mol. The summed E-state index contributed by atoms with van der Waals surface area (Å²) in [6.07, 6.45) is 3.94. The average Bonchev–Trinajstić information content (AvgIpc) is 2.66. The van der Waals surface area contributed by atoms with Gasteiger partial charge >= 0.3 is 0 Å². The van der Waals surface area contributed by atoms with E-state index in [-0.39, 0.29) is 29.5 Å². The van der Waals surface area contributed by atoms with Gasteiger partial charge in [-0.05, 0) is 45.3 Å². The Bertz CT molecular complexity index is 589. The molecular weight excluding hydrogens is 471 g/mol. The zero-order valence-electron chi connectivity index (χ0n) is 16.9. The van der Waals surface area contributed by atoms with Crippen LogP contribution in [0.1, 0.15) is 38.7 Å². The average molecular weight is 506 g/mol. The number of rotatable bonds is 8. The summed E-state index contributed by atoms with van der Waals surface area (Å²) in [5.74, 6) is 2.01. The lowest BCUT2D eigenvalue weighted by Crippen LogP contribution is -2.55. The molecular formula is C20H35IN4OS. The van der Waals surface area contributed by atoms with Crippen molar-refractivity contribution in [2.75, 3.05) is 39.0 Å². The number of benzene rings is 1. The summed E-state index contributed by atoms with van der Waals surface area (Å²) in [6, 6.07) is 10.00. The molecule has 154 valence electrons. The van der Waals surface area contributed by atoms with Gasteiger partial charge in [0.05, 0.1) is 0 Å². The van der Waals surface area contributed by atoms with Crippen molar-refractivity contribution in [3.63, 3.8) is 0 Å². The van der Waals surface area contributed by atoms with E-state index in [9.17, 15) is 4.21 Å². The highest BCUT2D eigenvalue weighted by atomic mass is 127. The van der Waals surface area contributed by atoms with E-state index in [2.05, 4.69) is 34.4 Å². The number of hydrogen-bond donors (Lipinski definition) is 2. The first-order valence-corrected chi connectivity index (χ1v) is 11.1. The maximum atomic E-state index is 12.2. The molecule has 1 saturated heterocycles. The minimum atomic E-state index is -0.868. The van der Waals surface area contributed by atoms with Crippen LogP contribution in [0.2, 0.25) is 0 Å². The molecule has 0 radical (unpaired) electrons. The van der Waals surface area contributed by atoms with Crippen molar-refractivity contribution in [2.45, 2.75) is 44.4 Å². The largest absolute Gasteiger partial charge is 0.355 e. The first-order chi connectivity index (χ1) is 12.5. The van der Waals surface area contributed by atoms with Gasteiger partial charge in [0.2, 0.25) is 0 Å². The Morgan fingerprint density at radius 2 is 1.81 bits per heavy atom. The van der Waals surface area contributed by atoms with Crippen molar-refractivity contribution in [3.05, 3.63) is 35.9 Å². The molecule has 1 unspecified atom stereocenters. The molecule has 1 aliphatic rings. The summed E-state index contributed by atoms with van der Waals surface area (Å²) in [5, 5.41) is 6.72. The van der Waals surface area contributed by atoms with Gasteiger partial charge in [0.15, 0.2) is 5.96 Å². The first-order valence-electron chi connectivity index (χ1n) is 9.60. The van der Waals surface area contributed by atoms with Crippen LogP contribution in [0, 0.1) is 0 Å².